The van der Waals surface area contributed by atoms with Gasteiger partial charge in [-0.25, -0.2) is 0 Å². The molecule has 0 aromatic carbocycles. The van der Waals surface area contributed by atoms with Crippen LogP contribution in [0.25, 0.3) is 0 Å². The van der Waals surface area contributed by atoms with Crippen LogP contribution in [0.5, 0.6) is 0 Å². The molecule has 1 unspecified atom stereocenters. The first-order valence-electron chi connectivity index (χ1n) is 7.43. The summed E-state index contributed by atoms with van der Waals surface area (Å²) in [6.45, 7) is 6.22. The Morgan fingerprint density at radius 2 is 2.04 bits per heavy atom. The van der Waals surface area contributed by atoms with Gasteiger partial charge < -0.3 is 30.3 Å². The maximum atomic E-state index is 11.6. The van der Waals surface area contributed by atoms with E-state index in [1.807, 2.05) is 0 Å². The maximum absolute atomic E-state index is 11.6. The van der Waals surface area contributed by atoms with E-state index in [0.29, 0.717) is 6.42 Å². The Morgan fingerprint density at radius 1 is 1.39 bits per heavy atom. The van der Waals surface area contributed by atoms with E-state index in [-0.39, 0.29) is 11.4 Å². The van der Waals surface area contributed by atoms with E-state index in [1.54, 1.807) is 0 Å². The van der Waals surface area contributed by atoms with E-state index in [0.717, 1.165) is 6.16 Å². The highest BCUT2D eigenvalue weighted by atomic mass is 31.2. The average Bonchev–Trinajstić information content (AvgIpc) is 2.73. The van der Waals surface area contributed by atoms with Gasteiger partial charge in [-0.05, 0) is 25.9 Å². The molecule has 1 fully saturated rings. The standard InChI is InChI=1S/C15H25N2O5P/c1-9-16-14(21)10(8-18)7-17(9)15-13(20)12(19)11(22-15)5-6-23(2,3)4/h7,11-13,15,18-20H,1-2,5-6,8H2,3-4H3,(H,16,21)/t11?,12-,13-,15-/m1/s1. The van der Waals surface area contributed by atoms with Crippen LogP contribution in [0, 0.1) is 0 Å². The summed E-state index contributed by atoms with van der Waals surface area (Å²) in [5.41, 5.74) is 0.135. The predicted molar refractivity (Wildman–Crippen MR) is 90.3 cm³/mol. The molecule has 1 saturated heterocycles. The van der Waals surface area contributed by atoms with Gasteiger partial charge in [0.25, 0.3) is 5.91 Å². The summed E-state index contributed by atoms with van der Waals surface area (Å²) >= 11 is 0. The molecule has 8 heteroatoms. The predicted octanol–water partition coefficient (Wildman–Crippen LogP) is -0.688. The van der Waals surface area contributed by atoms with E-state index in [1.165, 1.54) is 11.1 Å². The monoisotopic (exact) mass is 344 g/mol. The minimum atomic E-state index is -1.26. The molecule has 0 aromatic heterocycles. The fourth-order valence-corrected chi connectivity index (χ4v) is 3.55. The van der Waals surface area contributed by atoms with Crippen molar-refractivity contribution >= 4 is 19.1 Å². The number of rotatable bonds is 5. The third-order valence-electron chi connectivity index (χ3n) is 3.96. The molecule has 4 atom stereocenters. The topological polar surface area (TPSA) is 102 Å². The second-order valence-corrected chi connectivity index (χ2v) is 10.9. The second-order valence-electron chi connectivity index (χ2n) is 6.61. The van der Waals surface area contributed by atoms with Crippen LogP contribution in [-0.2, 0) is 9.53 Å². The Kier molecular flexibility index (Phi) is 5.38. The maximum Gasteiger partial charge on any atom is 0.256 e. The minimum absolute atomic E-state index is 0.135. The summed E-state index contributed by atoms with van der Waals surface area (Å²) in [5, 5.41) is 32.2. The van der Waals surface area contributed by atoms with Crippen LogP contribution in [0.3, 0.4) is 0 Å². The Morgan fingerprint density at radius 3 is 2.61 bits per heavy atom. The summed E-state index contributed by atoms with van der Waals surface area (Å²) in [4.78, 5) is 13.1. The first-order valence-corrected chi connectivity index (χ1v) is 10.5. The summed E-state index contributed by atoms with van der Waals surface area (Å²) in [7, 11) is 0. The normalized spacial score (nSPS) is 32.0. The zero-order valence-corrected chi connectivity index (χ0v) is 14.4. The number of amides is 1. The molecular formula is C15H25N2O5P. The van der Waals surface area contributed by atoms with Gasteiger partial charge in [-0.15, -0.1) is 13.2 Å². The molecule has 2 heterocycles. The third kappa shape index (κ3) is 4.05. The Hall–Kier alpha value is -1.11. The molecule has 0 saturated carbocycles. The molecule has 130 valence electrons. The lowest BCUT2D eigenvalue weighted by Crippen LogP contribution is -2.48. The lowest BCUT2D eigenvalue weighted by atomic mass is 10.1. The third-order valence-corrected chi connectivity index (χ3v) is 5.43. The fraction of sp³-hybridized carbons (Fsp3) is 0.600. The van der Waals surface area contributed by atoms with Gasteiger partial charge in [0.2, 0.25) is 0 Å². The molecule has 0 spiro atoms. The highest BCUT2D eigenvalue weighted by Gasteiger charge is 2.46. The molecule has 0 radical (unpaired) electrons. The minimum Gasteiger partial charge on any atom is -0.391 e. The highest BCUT2D eigenvalue weighted by molar-refractivity contribution is 7.72. The van der Waals surface area contributed by atoms with Crippen molar-refractivity contribution in [3.63, 3.8) is 0 Å². The zero-order chi connectivity index (χ0) is 17.4. The number of hydrogen-bond donors (Lipinski definition) is 4. The van der Waals surface area contributed by atoms with Crippen LogP contribution in [0.15, 0.2) is 24.2 Å². The molecule has 2 aliphatic heterocycles. The Balaban J connectivity index is 2.14. The van der Waals surface area contributed by atoms with Crippen LogP contribution in [0.4, 0.5) is 0 Å². The van der Waals surface area contributed by atoms with E-state index in [2.05, 4.69) is 31.5 Å². The van der Waals surface area contributed by atoms with Crippen molar-refractivity contribution in [3.8, 4) is 0 Å². The van der Waals surface area contributed by atoms with E-state index >= 15 is 0 Å². The zero-order valence-electron chi connectivity index (χ0n) is 13.5. The fourth-order valence-electron chi connectivity index (χ4n) is 2.59. The van der Waals surface area contributed by atoms with Gasteiger partial charge in [0.1, 0.15) is 18.0 Å². The lowest BCUT2D eigenvalue weighted by Gasteiger charge is -2.34. The van der Waals surface area contributed by atoms with E-state index < -0.39 is 43.9 Å². The van der Waals surface area contributed by atoms with Crippen LogP contribution in [0.2, 0.25) is 0 Å². The molecule has 2 aliphatic rings. The number of ether oxygens (including phenoxy) is 1. The number of nitrogens with zero attached hydrogens (tertiary/aromatic N) is 1. The molecule has 0 aromatic rings. The van der Waals surface area contributed by atoms with Crippen molar-refractivity contribution in [1.82, 2.24) is 10.2 Å². The number of hydrogen-bond acceptors (Lipinski definition) is 6. The Labute approximate surface area is 136 Å². The van der Waals surface area contributed by atoms with Crippen LogP contribution in [0.1, 0.15) is 6.42 Å². The van der Waals surface area contributed by atoms with Gasteiger partial charge in [0.05, 0.1) is 18.3 Å². The number of carbonyl (C=O) groups is 1. The average molecular weight is 344 g/mol. The molecule has 0 aliphatic carbocycles. The summed E-state index contributed by atoms with van der Waals surface area (Å²) < 4.78 is 5.80. The molecule has 23 heavy (non-hydrogen) atoms. The van der Waals surface area contributed by atoms with Crippen molar-refractivity contribution < 1.29 is 24.9 Å². The molecule has 4 N–H and O–H groups in total. The number of aliphatic hydroxyl groups is 3. The van der Waals surface area contributed by atoms with Crippen molar-refractivity contribution in [2.75, 3.05) is 26.1 Å². The largest absolute Gasteiger partial charge is 0.391 e. The van der Waals surface area contributed by atoms with Gasteiger partial charge in [-0.3, -0.25) is 4.79 Å². The van der Waals surface area contributed by atoms with E-state index in [4.69, 9.17) is 4.74 Å². The van der Waals surface area contributed by atoms with Crippen LogP contribution >= 0.6 is 6.89 Å². The number of carbonyl (C=O) groups excluding carboxylic acids is 1. The highest BCUT2D eigenvalue weighted by Crippen LogP contribution is 2.38. The van der Waals surface area contributed by atoms with Gasteiger partial charge in [0, 0.05) is 6.20 Å². The molecule has 7 nitrogen and oxygen atoms in total. The lowest BCUT2D eigenvalue weighted by molar-refractivity contribution is -0.120. The van der Waals surface area contributed by atoms with Crippen molar-refractivity contribution in [2.45, 2.75) is 31.0 Å². The van der Waals surface area contributed by atoms with E-state index in [9.17, 15) is 20.1 Å². The smallest absolute Gasteiger partial charge is 0.256 e. The summed E-state index contributed by atoms with van der Waals surface area (Å²) in [6, 6.07) is 0. The van der Waals surface area contributed by atoms with Gasteiger partial charge >= 0.3 is 0 Å². The first kappa shape index (κ1) is 18.2. The van der Waals surface area contributed by atoms with Crippen LogP contribution < -0.4 is 5.32 Å². The van der Waals surface area contributed by atoms with Gasteiger partial charge in [0.15, 0.2) is 6.23 Å². The first-order chi connectivity index (χ1) is 10.6. The summed E-state index contributed by atoms with van der Waals surface area (Å²) in [6.07, 6.45) is 3.41. The Bertz CT molecular complexity index is 570. The van der Waals surface area contributed by atoms with Gasteiger partial charge in [-0.2, -0.15) is 0 Å². The number of nitrogens with one attached hydrogen (secondary N) is 1. The van der Waals surface area contributed by atoms with Crippen LogP contribution in [-0.4, -0.2) is 83.1 Å². The SMILES string of the molecule is C=C1NC(=O)C(CO)=CN1[C@@H]1OC(CCP(=C)(C)C)[C@@H](O)[C@H]1O. The number of aliphatic hydroxyl groups excluding tert-OH is 3. The molecule has 0 bridgehead atoms. The molecule has 2 rings (SSSR count). The van der Waals surface area contributed by atoms with Gasteiger partial charge in [-0.1, -0.05) is 6.58 Å². The molecular weight excluding hydrogens is 319 g/mol. The summed E-state index contributed by atoms with van der Waals surface area (Å²) in [5.74, 6) is -0.212. The molecule has 1 amide bonds. The van der Waals surface area contributed by atoms with Crippen molar-refractivity contribution in [2.24, 2.45) is 0 Å². The van der Waals surface area contributed by atoms with Crippen molar-refractivity contribution in [1.29, 1.82) is 0 Å². The van der Waals surface area contributed by atoms with Crippen molar-refractivity contribution in [3.05, 3.63) is 24.2 Å². The quantitative estimate of drug-likeness (QED) is 0.493. The second kappa shape index (κ2) is 6.79.